The number of hydrogen-bond donors (Lipinski definition) is 1. The smallest absolute Gasteiger partial charge is 0.260 e. The lowest BCUT2D eigenvalue weighted by Gasteiger charge is -2.34. The molecule has 1 amide bonds. The van der Waals surface area contributed by atoms with E-state index in [4.69, 9.17) is 4.74 Å². The van der Waals surface area contributed by atoms with Gasteiger partial charge in [0.15, 0.2) is 6.61 Å². The van der Waals surface area contributed by atoms with Crippen LogP contribution in [0.25, 0.3) is 10.8 Å². The summed E-state index contributed by atoms with van der Waals surface area (Å²) in [5.74, 6) is 3.41. The lowest BCUT2D eigenvalue weighted by atomic mass is 9.93. The van der Waals surface area contributed by atoms with Gasteiger partial charge in [-0.05, 0) is 47.6 Å². The Labute approximate surface area is 166 Å². The summed E-state index contributed by atoms with van der Waals surface area (Å²) in [6, 6.07) is 14.2. The summed E-state index contributed by atoms with van der Waals surface area (Å²) in [6.45, 7) is 5.25. The molecule has 0 radical (unpaired) electrons. The molecule has 2 aliphatic carbocycles. The van der Waals surface area contributed by atoms with Crippen LogP contribution in [0, 0.1) is 17.8 Å². The summed E-state index contributed by atoms with van der Waals surface area (Å²) < 4.78 is 5.79. The van der Waals surface area contributed by atoms with E-state index < -0.39 is 0 Å². The third kappa shape index (κ3) is 3.66. The predicted molar refractivity (Wildman–Crippen MR) is 110 cm³/mol. The number of ether oxygens (including phenoxy) is 1. The van der Waals surface area contributed by atoms with Crippen LogP contribution in [0.15, 0.2) is 54.6 Å². The number of piperazine rings is 1. The number of hydrogen-bond acceptors (Lipinski definition) is 2. The Bertz CT molecular complexity index is 885. The Morgan fingerprint density at radius 2 is 1.86 bits per heavy atom. The maximum absolute atomic E-state index is 12.6. The fourth-order valence-electron chi connectivity index (χ4n) is 5.27. The van der Waals surface area contributed by atoms with Crippen molar-refractivity contribution >= 4 is 16.7 Å². The van der Waals surface area contributed by atoms with Crippen LogP contribution in [0.4, 0.5) is 0 Å². The molecule has 5 rings (SSSR count). The number of carbonyl (C=O) groups excluding carboxylic acids is 1. The van der Waals surface area contributed by atoms with E-state index in [1.54, 1.807) is 4.90 Å². The van der Waals surface area contributed by atoms with Gasteiger partial charge in [0.05, 0.1) is 32.7 Å². The summed E-state index contributed by atoms with van der Waals surface area (Å²) in [5.41, 5.74) is 0. The van der Waals surface area contributed by atoms with Gasteiger partial charge in [0.2, 0.25) is 0 Å². The molecule has 0 aromatic heterocycles. The van der Waals surface area contributed by atoms with Gasteiger partial charge in [-0.3, -0.25) is 4.79 Å². The van der Waals surface area contributed by atoms with E-state index in [1.165, 1.54) is 24.8 Å². The number of carbonyl (C=O) groups is 1. The van der Waals surface area contributed by atoms with Crippen molar-refractivity contribution < 1.29 is 14.4 Å². The molecule has 2 bridgehead atoms. The SMILES string of the molecule is O=C(COc1ccc2ccccc2c1)N1CC[NH+](C[C@H]2C[C@H]3C=C[C@H]2C3)CC1. The molecular formula is C24H29N2O2+. The molecule has 4 heteroatoms. The summed E-state index contributed by atoms with van der Waals surface area (Å²) >= 11 is 0. The topological polar surface area (TPSA) is 34.0 Å². The second-order valence-corrected chi connectivity index (χ2v) is 8.67. The van der Waals surface area contributed by atoms with Crippen LogP contribution < -0.4 is 9.64 Å². The number of rotatable bonds is 5. The Kier molecular flexibility index (Phi) is 4.81. The van der Waals surface area contributed by atoms with Crippen LogP contribution in [0.5, 0.6) is 5.75 Å². The molecule has 3 atom stereocenters. The number of quaternary nitrogens is 1. The summed E-state index contributed by atoms with van der Waals surface area (Å²) in [6.07, 6.45) is 7.63. The monoisotopic (exact) mass is 377 g/mol. The van der Waals surface area contributed by atoms with E-state index in [9.17, 15) is 4.79 Å². The van der Waals surface area contributed by atoms with Crippen molar-refractivity contribution in [1.29, 1.82) is 0 Å². The maximum Gasteiger partial charge on any atom is 0.260 e. The van der Waals surface area contributed by atoms with Crippen molar-refractivity contribution in [2.75, 3.05) is 39.3 Å². The number of nitrogens with one attached hydrogen (secondary N) is 1. The fourth-order valence-corrected chi connectivity index (χ4v) is 5.27. The maximum atomic E-state index is 12.6. The molecule has 1 heterocycles. The number of allylic oxidation sites excluding steroid dienone is 2. The van der Waals surface area contributed by atoms with Gasteiger partial charge in [-0.15, -0.1) is 0 Å². The molecule has 2 fully saturated rings. The van der Waals surface area contributed by atoms with Gasteiger partial charge in [-0.2, -0.15) is 0 Å². The lowest BCUT2D eigenvalue weighted by molar-refractivity contribution is -0.907. The Hall–Kier alpha value is -2.33. The van der Waals surface area contributed by atoms with Crippen LogP contribution in [-0.2, 0) is 4.79 Å². The zero-order valence-corrected chi connectivity index (χ0v) is 16.3. The van der Waals surface area contributed by atoms with Gasteiger partial charge in [0.25, 0.3) is 5.91 Å². The van der Waals surface area contributed by atoms with Gasteiger partial charge in [-0.1, -0.05) is 42.5 Å². The quantitative estimate of drug-likeness (QED) is 0.811. The van der Waals surface area contributed by atoms with Gasteiger partial charge >= 0.3 is 0 Å². The second kappa shape index (κ2) is 7.59. The van der Waals surface area contributed by atoms with Crippen molar-refractivity contribution in [2.45, 2.75) is 12.8 Å². The Balaban J connectivity index is 1.09. The first-order valence-corrected chi connectivity index (χ1v) is 10.7. The molecule has 0 spiro atoms. The van der Waals surface area contributed by atoms with Crippen LogP contribution in [-0.4, -0.2) is 50.1 Å². The second-order valence-electron chi connectivity index (χ2n) is 8.67. The normalized spacial score (nSPS) is 26.9. The van der Waals surface area contributed by atoms with E-state index in [0.29, 0.717) is 0 Å². The number of benzene rings is 2. The largest absolute Gasteiger partial charge is 0.484 e. The first-order chi connectivity index (χ1) is 13.7. The first kappa shape index (κ1) is 17.7. The standard InChI is InChI=1S/C24H28N2O2/c27-24(17-28-23-8-7-19-3-1-2-4-20(19)15-23)26-11-9-25(10-12-26)16-22-14-18-5-6-21(22)13-18/h1-8,15,18,21-22H,9-14,16-17H2/p+1/t18-,21-,22+/m0/s1. The third-order valence-corrected chi connectivity index (χ3v) is 6.87. The lowest BCUT2D eigenvalue weighted by Crippen LogP contribution is -3.15. The summed E-state index contributed by atoms with van der Waals surface area (Å²) in [5, 5.41) is 2.33. The van der Waals surface area contributed by atoms with E-state index in [1.807, 2.05) is 35.2 Å². The molecule has 28 heavy (non-hydrogen) atoms. The molecule has 1 N–H and O–H groups in total. The van der Waals surface area contributed by atoms with Crippen LogP contribution in [0.1, 0.15) is 12.8 Å². The minimum atomic E-state index is 0.107. The van der Waals surface area contributed by atoms with Gasteiger partial charge < -0.3 is 14.5 Å². The van der Waals surface area contributed by atoms with Gasteiger partial charge in [-0.25, -0.2) is 0 Å². The Morgan fingerprint density at radius 3 is 2.61 bits per heavy atom. The predicted octanol–water partition coefficient (Wildman–Crippen LogP) is 2.16. The molecular weight excluding hydrogens is 348 g/mol. The number of nitrogens with zero attached hydrogens (tertiary/aromatic N) is 1. The fraction of sp³-hybridized carbons (Fsp3) is 0.458. The average molecular weight is 378 g/mol. The van der Waals surface area contributed by atoms with Crippen molar-refractivity contribution in [2.24, 2.45) is 17.8 Å². The molecule has 0 unspecified atom stereocenters. The van der Waals surface area contributed by atoms with Gasteiger partial charge in [0.1, 0.15) is 5.75 Å². The highest BCUT2D eigenvalue weighted by Gasteiger charge is 2.38. The molecule has 3 aliphatic rings. The van der Waals surface area contributed by atoms with Crippen molar-refractivity contribution in [1.82, 2.24) is 4.90 Å². The minimum absolute atomic E-state index is 0.107. The van der Waals surface area contributed by atoms with Crippen molar-refractivity contribution in [3.8, 4) is 5.75 Å². The third-order valence-electron chi connectivity index (χ3n) is 6.87. The van der Waals surface area contributed by atoms with Crippen LogP contribution >= 0.6 is 0 Å². The zero-order chi connectivity index (χ0) is 18.9. The number of fused-ring (bicyclic) bond motifs is 3. The Morgan fingerprint density at radius 1 is 1.04 bits per heavy atom. The minimum Gasteiger partial charge on any atom is -0.484 e. The average Bonchev–Trinajstić information content (AvgIpc) is 3.36. The van der Waals surface area contributed by atoms with Gasteiger partial charge in [0, 0.05) is 5.92 Å². The van der Waals surface area contributed by atoms with E-state index in [-0.39, 0.29) is 12.5 Å². The molecule has 2 aromatic carbocycles. The van der Waals surface area contributed by atoms with Crippen molar-refractivity contribution in [3.63, 3.8) is 0 Å². The molecule has 1 saturated carbocycles. The highest BCUT2D eigenvalue weighted by molar-refractivity contribution is 5.84. The summed E-state index contributed by atoms with van der Waals surface area (Å²) in [4.78, 5) is 16.2. The zero-order valence-electron chi connectivity index (χ0n) is 16.3. The number of amides is 1. The molecule has 4 nitrogen and oxygen atoms in total. The molecule has 1 saturated heterocycles. The molecule has 1 aliphatic heterocycles. The van der Waals surface area contributed by atoms with E-state index >= 15 is 0 Å². The molecule has 2 aromatic rings. The van der Waals surface area contributed by atoms with Crippen LogP contribution in [0.2, 0.25) is 0 Å². The highest BCUT2D eigenvalue weighted by atomic mass is 16.5. The van der Waals surface area contributed by atoms with E-state index in [0.717, 1.165) is 55.1 Å². The molecule has 146 valence electrons. The van der Waals surface area contributed by atoms with Crippen LogP contribution in [0.3, 0.4) is 0 Å². The summed E-state index contributed by atoms with van der Waals surface area (Å²) in [7, 11) is 0. The van der Waals surface area contributed by atoms with E-state index in [2.05, 4.69) is 24.3 Å². The van der Waals surface area contributed by atoms with Crippen molar-refractivity contribution in [3.05, 3.63) is 54.6 Å². The first-order valence-electron chi connectivity index (χ1n) is 10.7. The highest BCUT2D eigenvalue weighted by Crippen LogP contribution is 2.42.